The van der Waals surface area contributed by atoms with Gasteiger partial charge in [0.1, 0.15) is 0 Å². The third-order valence-electron chi connectivity index (χ3n) is 2.34. The predicted octanol–water partition coefficient (Wildman–Crippen LogP) is 0.848. The van der Waals surface area contributed by atoms with Gasteiger partial charge in [-0.15, -0.1) is 0 Å². The molecule has 0 fully saturated rings. The smallest absolute Gasteiger partial charge is 0.235 e. The van der Waals surface area contributed by atoms with E-state index in [1.165, 1.54) is 7.05 Å². The zero-order valence-corrected chi connectivity index (χ0v) is 11.8. The molecule has 0 atom stereocenters. The van der Waals surface area contributed by atoms with Crippen LogP contribution in [0, 0.1) is 0 Å². The summed E-state index contributed by atoms with van der Waals surface area (Å²) in [5, 5.41) is 2.98. The largest absolute Gasteiger partial charge is 0.358 e. The van der Waals surface area contributed by atoms with Crippen molar-refractivity contribution in [2.24, 2.45) is 0 Å². The van der Waals surface area contributed by atoms with Crippen molar-refractivity contribution in [3.05, 3.63) is 34.9 Å². The van der Waals surface area contributed by atoms with E-state index in [0.717, 1.165) is 16.1 Å². The van der Waals surface area contributed by atoms with Crippen LogP contribution in [0.25, 0.3) is 0 Å². The van der Waals surface area contributed by atoms with Crippen molar-refractivity contribution < 1.29 is 13.2 Å². The van der Waals surface area contributed by atoms with Gasteiger partial charge < -0.3 is 5.32 Å². The van der Waals surface area contributed by atoms with Crippen LogP contribution in [0.3, 0.4) is 0 Å². The van der Waals surface area contributed by atoms with E-state index in [4.69, 9.17) is 11.6 Å². The highest BCUT2D eigenvalue weighted by molar-refractivity contribution is 7.88. The second kappa shape index (κ2) is 6.17. The first kappa shape index (κ1) is 14.9. The Morgan fingerprint density at radius 2 is 1.89 bits per heavy atom. The van der Waals surface area contributed by atoms with E-state index in [1.807, 2.05) is 0 Å². The molecule has 1 amide bonds. The van der Waals surface area contributed by atoms with Gasteiger partial charge in [0.2, 0.25) is 15.9 Å². The van der Waals surface area contributed by atoms with E-state index < -0.39 is 10.0 Å². The normalized spacial score (nSPS) is 11.6. The van der Waals surface area contributed by atoms with Crippen molar-refractivity contribution in [2.45, 2.75) is 6.54 Å². The Morgan fingerprint density at radius 3 is 2.33 bits per heavy atom. The van der Waals surface area contributed by atoms with Gasteiger partial charge in [0, 0.05) is 18.6 Å². The fourth-order valence-corrected chi connectivity index (χ4v) is 2.18. The molecule has 0 aromatic heterocycles. The SMILES string of the molecule is CNC(=O)CN(Cc1ccc(Cl)cc1)S(C)(=O)=O. The summed E-state index contributed by atoms with van der Waals surface area (Å²) < 4.78 is 24.3. The van der Waals surface area contributed by atoms with Crippen LogP contribution >= 0.6 is 11.6 Å². The lowest BCUT2D eigenvalue weighted by Crippen LogP contribution is -2.38. The highest BCUT2D eigenvalue weighted by Crippen LogP contribution is 2.12. The predicted molar refractivity (Wildman–Crippen MR) is 70.8 cm³/mol. The lowest BCUT2D eigenvalue weighted by atomic mass is 10.2. The van der Waals surface area contributed by atoms with Crippen LogP contribution in [-0.4, -0.2) is 38.5 Å². The summed E-state index contributed by atoms with van der Waals surface area (Å²) in [4.78, 5) is 11.3. The zero-order chi connectivity index (χ0) is 13.8. The average Bonchev–Trinajstić information content (AvgIpc) is 2.29. The Hall–Kier alpha value is -1.11. The molecule has 0 radical (unpaired) electrons. The van der Waals surface area contributed by atoms with E-state index in [-0.39, 0.29) is 19.0 Å². The fourth-order valence-electron chi connectivity index (χ4n) is 1.32. The number of carbonyl (C=O) groups excluding carboxylic acids is 1. The molecule has 0 saturated carbocycles. The quantitative estimate of drug-likeness (QED) is 0.874. The molecule has 18 heavy (non-hydrogen) atoms. The van der Waals surface area contributed by atoms with Gasteiger partial charge in [-0.05, 0) is 17.7 Å². The number of nitrogens with one attached hydrogen (secondary N) is 1. The van der Waals surface area contributed by atoms with Gasteiger partial charge in [0.05, 0.1) is 12.8 Å². The first-order valence-corrected chi connectivity index (χ1v) is 7.45. The molecule has 0 aliphatic heterocycles. The lowest BCUT2D eigenvalue weighted by molar-refractivity contribution is -0.120. The van der Waals surface area contributed by atoms with E-state index >= 15 is 0 Å². The van der Waals surface area contributed by atoms with Crippen LogP contribution in [0.2, 0.25) is 5.02 Å². The topological polar surface area (TPSA) is 66.5 Å². The summed E-state index contributed by atoms with van der Waals surface area (Å²) in [6.45, 7) is -0.0542. The molecule has 1 aromatic carbocycles. The monoisotopic (exact) mass is 290 g/mol. The van der Waals surface area contributed by atoms with E-state index in [1.54, 1.807) is 24.3 Å². The maximum atomic E-state index is 11.6. The van der Waals surface area contributed by atoms with Gasteiger partial charge in [-0.2, -0.15) is 4.31 Å². The number of benzene rings is 1. The summed E-state index contributed by atoms with van der Waals surface area (Å²) in [5.74, 6) is -0.352. The number of rotatable bonds is 5. The van der Waals surface area contributed by atoms with Gasteiger partial charge in [-0.1, -0.05) is 23.7 Å². The number of likely N-dealkylation sites (N-methyl/N-ethyl adjacent to an activating group) is 1. The minimum absolute atomic E-state index is 0.142. The standard InChI is InChI=1S/C11H15ClN2O3S/c1-13-11(15)8-14(18(2,16)17)7-9-3-5-10(12)6-4-9/h3-6H,7-8H2,1-2H3,(H,13,15). The molecule has 0 spiro atoms. The molecule has 100 valence electrons. The second-order valence-electron chi connectivity index (χ2n) is 3.83. The van der Waals surface area contributed by atoms with Crippen molar-refractivity contribution >= 4 is 27.5 Å². The van der Waals surface area contributed by atoms with Crippen molar-refractivity contribution in [1.29, 1.82) is 0 Å². The minimum atomic E-state index is -3.44. The molecule has 5 nitrogen and oxygen atoms in total. The molecule has 1 aromatic rings. The summed E-state index contributed by atoms with van der Waals surface area (Å²) in [6, 6.07) is 6.81. The first-order valence-electron chi connectivity index (χ1n) is 5.23. The Balaban J connectivity index is 2.85. The van der Waals surface area contributed by atoms with Crippen molar-refractivity contribution in [1.82, 2.24) is 9.62 Å². The van der Waals surface area contributed by atoms with Crippen LogP contribution in [0.1, 0.15) is 5.56 Å². The summed E-state index contributed by atoms with van der Waals surface area (Å²) >= 11 is 5.75. The van der Waals surface area contributed by atoms with Crippen LogP contribution < -0.4 is 5.32 Å². The Morgan fingerprint density at radius 1 is 1.33 bits per heavy atom. The van der Waals surface area contributed by atoms with Gasteiger partial charge in [0.25, 0.3) is 0 Å². The minimum Gasteiger partial charge on any atom is -0.358 e. The summed E-state index contributed by atoms with van der Waals surface area (Å²) in [5.41, 5.74) is 0.772. The second-order valence-corrected chi connectivity index (χ2v) is 6.25. The molecule has 1 rings (SSSR count). The number of hydrogen-bond acceptors (Lipinski definition) is 3. The number of hydrogen-bond donors (Lipinski definition) is 1. The van der Waals surface area contributed by atoms with Crippen LogP contribution in [0.15, 0.2) is 24.3 Å². The highest BCUT2D eigenvalue weighted by Gasteiger charge is 2.19. The van der Waals surface area contributed by atoms with E-state index in [0.29, 0.717) is 5.02 Å². The fraction of sp³-hybridized carbons (Fsp3) is 0.364. The number of nitrogens with zero attached hydrogens (tertiary/aromatic N) is 1. The molecule has 1 N–H and O–H groups in total. The zero-order valence-electron chi connectivity index (χ0n) is 10.2. The number of sulfonamides is 1. The molecular weight excluding hydrogens is 276 g/mol. The van der Waals surface area contributed by atoms with Gasteiger partial charge in [0.15, 0.2) is 0 Å². The third-order valence-corrected chi connectivity index (χ3v) is 3.79. The van der Waals surface area contributed by atoms with Crippen LogP contribution in [0.4, 0.5) is 0 Å². The van der Waals surface area contributed by atoms with Gasteiger partial charge >= 0.3 is 0 Å². The molecule has 0 bridgehead atoms. The third kappa shape index (κ3) is 4.64. The number of halogens is 1. The number of carbonyl (C=O) groups is 1. The molecule has 7 heteroatoms. The summed E-state index contributed by atoms with van der Waals surface area (Å²) in [7, 11) is -1.98. The highest BCUT2D eigenvalue weighted by atomic mass is 35.5. The Kier molecular flexibility index (Phi) is 5.13. The molecule has 0 heterocycles. The Labute approximate surface area is 112 Å². The molecule has 0 saturated heterocycles. The lowest BCUT2D eigenvalue weighted by Gasteiger charge is -2.19. The average molecular weight is 291 g/mol. The maximum Gasteiger partial charge on any atom is 0.235 e. The Bertz CT molecular complexity index is 514. The van der Waals surface area contributed by atoms with E-state index in [2.05, 4.69) is 5.32 Å². The summed E-state index contributed by atoms with van der Waals surface area (Å²) in [6.07, 6.45) is 1.08. The van der Waals surface area contributed by atoms with Gasteiger partial charge in [-0.3, -0.25) is 4.79 Å². The van der Waals surface area contributed by atoms with Crippen molar-refractivity contribution in [2.75, 3.05) is 19.8 Å². The van der Waals surface area contributed by atoms with Gasteiger partial charge in [-0.25, -0.2) is 8.42 Å². The molecule has 0 aliphatic rings. The first-order chi connectivity index (χ1) is 8.32. The van der Waals surface area contributed by atoms with Crippen molar-refractivity contribution in [3.63, 3.8) is 0 Å². The molecule has 0 aliphatic carbocycles. The number of amides is 1. The van der Waals surface area contributed by atoms with Crippen LogP contribution in [-0.2, 0) is 21.4 Å². The molecule has 0 unspecified atom stereocenters. The van der Waals surface area contributed by atoms with Crippen LogP contribution in [0.5, 0.6) is 0 Å². The van der Waals surface area contributed by atoms with Crippen molar-refractivity contribution in [3.8, 4) is 0 Å². The maximum absolute atomic E-state index is 11.6. The molecular formula is C11H15ClN2O3S. The van der Waals surface area contributed by atoms with E-state index in [9.17, 15) is 13.2 Å².